The molecule has 0 aromatic heterocycles. The summed E-state index contributed by atoms with van der Waals surface area (Å²) in [5.74, 6) is 0. The summed E-state index contributed by atoms with van der Waals surface area (Å²) in [7, 11) is 0. The largest absolute Gasteiger partial charge is 0.370 e. The van der Waals surface area contributed by atoms with Crippen molar-refractivity contribution in [1.82, 2.24) is 0 Å². The number of benzene rings is 1. The van der Waals surface area contributed by atoms with Crippen molar-refractivity contribution >= 4 is 11.4 Å². The number of nitro benzene ring substituents is 1. The van der Waals surface area contributed by atoms with Crippen molar-refractivity contribution in [2.45, 2.75) is 12.8 Å². The van der Waals surface area contributed by atoms with Gasteiger partial charge in [-0.2, -0.15) is 5.26 Å². The molecule has 5 heteroatoms. The average molecular weight is 217 g/mol. The summed E-state index contributed by atoms with van der Waals surface area (Å²) in [6.07, 6.45) is 2.15. The Labute approximate surface area is 93.1 Å². The first-order valence-corrected chi connectivity index (χ1v) is 5.16. The third kappa shape index (κ3) is 1.70. The molecule has 1 fully saturated rings. The number of nitro groups is 1. The predicted octanol–water partition coefficient (Wildman–Crippen LogP) is 2.07. The highest BCUT2D eigenvalue weighted by Gasteiger charge is 2.22. The Balaban J connectivity index is 2.49. The molecule has 0 bridgehead atoms. The number of rotatable bonds is 2. The summed E-state index contributed by atoms with van der Waals surface area (Å²) < 4.78 is 0. The van der Waals surface area contributed by atoms with Crippen molar-refractivity contribution in [2.75, 3.05) is 18.0 Å². The van der Waals surface area contributed by atoms with Crippen LogP contribution in [0.1, 0.15) is 18.4 Å². The molecular formula is C11H11N3O2. The zero-order valence-electron chi connectivity index (χ0n) is 8.72. The second-order valence-electron chi connectivity index (χ2n) is 3.73. The van der Waals surface area contributed by atoms with E-state index in [-0.39, 0.29) is 11.3 Å². The second-order valence-corrected chi connectivity index (χ2v) is 3.73. The quantitative estimate of drug-likeness (QED) is 0.561. The van der Waals surface area contributed by atoms with E-state index in [9.17, 15) is 10.1 Å². The van der Waals surface area contributed by atoms with E-state index in [1.54, 1.807) is 12.1 Å². The Morgan fingerprint density at radius 1 is 1.38 bits per heavy atom. The van der Waals surface area contributed by atoms with E-state index in [4.69, 9.17) is 5.26 Å². The monoisotopic (exact) mass is 217 g/mol. The molecule has 1 saturated heterocycles. The van der Waals surface area contributed by atoms with Crippen molar-refractivity contribution in [2.24, 2.45) is 0 Å². The van der Waals surface area contributed by atoms with Crippen LogP contribution in [-0.4, -0.2) is 18.0 Å². The smallest absolute Gasteiger partial charge is 0.289 e. The van der Waals surface area contributed by atoms with E-state index in [1.807, 2.05) is 11.0 Å². The molecule has 0 N–H and O–H groups in total. The number of hydrogen-bond donors (Lipinski definition) is 0. The standard InChI is InChI=1S/C11H11N3O2/c12-8-9-10(13-6-1-2-7-13)4-3-5-11(9)14(15)16/h3-5H,1-2,6-7H2. The maximum absolute atomic E-state index is 10.8. The Kier molecular flexibility index (Phi) is 2.73. The summed E-state index contributed by atoms with van der Waals surface area (Å²) in [6.45, 7) is 1.74. The summed E-state index contributed by atoms with van der Waals surface area (Å²) >= 11 is 0. The van der Waals surface area contributed by atoms with Gasteiger partial charge in [0, 0.05) is 19.2 Å². The first-order chi connectivity index (χ1) is 7.74. The van der Waals surface area contributed by atoms with Crippen molar-refractivity contribution in [3.05, 3.63) is 33.9 Å². The molecule has 82 valence electrons. The molecule has 0 unspecified atom stereocenters. The fourth-order valence-electron chi connectivity index (χ4n) is 2.02. The number of nitrogens with zero attached hydrogens (tertiary/aromatic N) is 3. The first kappa shape index (κ1) is 10.4. The zero-order valence-corrected chi connectivity index (χ0v) is 8.72. The van der Waals surface area contributed by atoms with Gasteiger partial charge < -0.3 is 4.90 Å². The molecule has 2 rings (SSSR count). The highest BCUT2D eigenvalue weighted by molar-refractivity contribution is 5.68. The SMILES string of the molecule is N#Cc1c(N2CCCC2)cccc1[N+](=O)[O-]. The van der Waals surface area contributed by atoms with Crippen LogP contribution in [-0.2, 0) is 0 Å². The Morgan fingerprint density at radius 2 is 2.06 bits per heavy atom. The van der Waals surface area contributed by atoms with Gasteiger partial charge in [0.1, 0.15) is 6.07 Å². The minimum atomic E-state index is -0.502. The highest BCUT2D eigenvalue weighted by Crippen LogP contribution is 2.30. The van der Waals surface area contributed by atoms with Crippen LogP contribution in [0.2, 0.25) is 0 Å². The molecule has 1 aliphatic heterocycles. The predicted molar refractivity (Wildman–Crippen MR) is 59.3 cm³/mol. The Bertz CT molecular complexity index is 459. The third-order valence-corrected chi connectivity index (χ3v) is 2.78. The number of nitriles is 1. The average Bonchev–Trinajstić information content (AvgIpc) is 2.81. The van der Waals surface area contributed by atoms with Crippen LogP contribution in [0.25, 0.3) is 0 Å². The maximum atomic E-state index is 10.8. The van der Waals surface area contributed by atoms with Gasteiger partial charge in [0.2, 0.25) is 0 Å². The lowest BCUT2D eigenvalue weighted by atomic mass is 10.1. The van der Waals surface area contributed by atoms with E-state index < -0.39 is 4.92 Å². The van der Waals surface area contributed by atoms with E-state index in [0.29, 0.717) is 5.69 Å². The molecule has 1 heterocycles. The van der Waals surface area contributed by atoms with E-state index in [2.05, 4.69) is 0 Å². The van der Waals surface area contributed by atoms with Gasteiger partial charge in [-0.25, -0.2) is 0 Å². The third-order valence-electron chi connectivity index (χ3n) is 2.78. The van der Waals surface area contributed by atoms with Crippen molar-refractivity contribution in [1.29, 1.82) is 5.26 Å². The minimum Gasteiger partial charge on any atom is -0.370 e. The first-order valence-electron chi connectivity index (χ1n) is 5.16. The lowest BCUT2D eigenvalue weighted by Gasteiger charge is -2.18. The minimum absolute atomic E-state index is 0.105. The van der Waals surface area contributed by atoms with Crippen LogP contribution in [0.4, 0.5) is 11.4 Å². The fraction of sp³-hybridized carbons (Fsp3) is 0.364. The summed E-state index contributed by atoms with van der Waals surface area (Å²) in [5, 5.41) is 19.8. The molecule has 1 aliphatic rings. The molecule has 16 heavy (non-hydrogen) atoms. The van der Waals surface area contributed by atoms with Gasteiger partial charge in [-0.15, -0.1) is 0 Å². The second kappa shape index (κ2) is 4.19. The molecule has 0 spiro atoms. The van der Waals surface area contributed by atoms with Gasteiger partial charge in [0.05, 0.1) is 10.6 Å². The topological polar surface area (TPSA) is 70.2 Å². The zero-order chi connectivity index (χ0) is 11.5. The summed E-state index contributed by atoms with van der Waals surface area (Å²) in [6, 6.07) is 6.72. The van der Waals surface area contributed by atoms with Gasteiger partial charge in [0.25, 0.3) is 5.69 Å². The van der Waals surface area contributed by atoms with Gasteiger partial charge >= 0.3 is 0 Å². The summed E-state index contributed by atoms with van der Waals surface area (Å²) in [5.41, 5.74) is 0.760. The van der Waals surface area contributed by atoms with Crippen molar-refractivity contribution < 1.29 is 4.92 Å². The summed E-state index contributed by atoms with van der Waals surface area (Å²) in [4.78, 5) is 12.3. The van der Waals surface area contributed by atoms with Gasteiger partial charge in [0.15, 0.2) is 5.56 Å². The van der Waals surface area contributed by atoms with Crippen molar-refractivity contribution in [3.63, 3.8) is 0 Å². The van der Waals surface area contributed by atoms with Gasteiger partial charge in [-0.3, -0.25) is 10.1 Å². The molecule has 0 radical (unpaired) electrons. The van der Waals surface area contributed by atoms with Crippen LogP contribution in [0, 0.1) is 21.4 Å². The van der Waals surface area contributed by atoms with Crippen LogP contribution >= 0.6 is 0 Å². The van der Waals surface area contributed by atoms with Crippen LogP contribution in [0.3, 0.4) is 0 Å². The Hall–Kier alpha value is -2.09. The molecule has 0 saturated carbocycles. The fourth-order valence-corrected chi connectivity index (χ4v) is 2.02. The normalized spacial score (nSPS) is 14.8. The lowest BCUT2D eigenvalue weighted by molar-refractivity contribution is -0.385. The van der Waals surface area contributed by atoms with E-state index in [1.165, 1.54) is 6.07 Å². The van der Waals surface area contributed by atoms with Crippen molar-refractivity contribution in [3.8, 4) is 6.07 Å². The van der Waals surface area contributed by atoms with E-state index >= 15 is 0 Å². The van der Waals surface area contributed by atoms with Crippen LogP contribution in [0.5, 0.6) is 0 Å². The molecular weight excluding hydrogens is 206 g/mol. The molecule has 0 atom stereocenters. The van der Waals surface area contributed by atoms with E-state index in [0.717, 1.165) is 25.9 Å². The highest BCUT2D eigenvalue weighted by atomic mass is 16.6. The molecule has 5 nitrogen and oxygen atoms in total. The molecule has 1 aromatic carbocycles. The molecule has 1 aromatic rings. The number of anilines is 1. The molecule has 0 aliphatic carbocycles. The maximum Gasteiger partial charge on any atom is 0.289 e. The van der Waals surface area contributed by atoms with Gasteiger partial charge in [-0.1, -0.05) is 6.07 Å². The van der Waals surface area contributed by atoms with Crippen LogP contribution < -0.4 is 4.90 Å². The number of hydrogen-bond acceptors (Lipinski definition) is 4. The van der Waals surface area contributed by atoms with Gasteiger partial charge in [-0.05, 0) is 18.9 Å². The lowest BCUT2D eigenvalue weighted by Crippen LogP contribution is -2.19. The Morgan fingerprint density at radius 3 is 2.62 bits per heavy atom. The molecule has 0 amide bonds. The van der Waals surface area contributed by atoms with Crippen LogP contribution in [0.15, 0.2) is 18.2 Å².